The zero-order valence-corrected chi connectivity index (χ0v) is 14.1. The number of rotatable bonds is 3. The van der Waals surface area contributed by atoms with Gasteiger partial charge in [0.25, 0.3) is 5.91 Å². The minimum Gasteiger partial charge on any atom is -0.465 e. The quantitative estimate of drug-likeness (QED) is 0.732. The second-order valence-corrected chi connectivity index (χ2v) is 6.22. The lowest BCUT2D eigenvalue weighted by Crippen LogP contribution is -2.24. The first-order valence-corrected chi connectivity index (χ1v) is 8.09. The molecular formula is C18H14ClN3O3. The Morgan fingerprint density at radius 1 is 1.32 bits per heavy atom. The molecule has 0 bridgehead atoms. The topological polar surface area (TPSA) is 75.3 Å². The molecular weight excluding hydrogens is 342 g/mol. The summed E-state index contributed by atoms with van der Waals surface area (Å²) >= 11 is 6.15. The minimum absolute atomic E-state index is 0.116. The predicted molar refractivity (Wildman–Crippen MR) is 92.5 cm³/mol. The SMILES string of the molecule is COC(=O)c1cccc2[nH]c(CN3Cc4cccc(Cl)c4C3=O)nc12. The molecule has 0 atom stereocenters. The van der Waals surface area contributed by atoms with Crippen molar-refractivity contribution in [3.8, 4) is 0 Å². The van der Waals surface area contributed by atoms with E-state index in [1.54, 1.807) is 23.1 Å². The molecule has 1 N–H and O–H groups in total. The number of ether oxygens (including phenoxy) is 1. The van der Waals surface area contributed by atoms with Crippen molar-refractivity contribution in [2.75, 3.05) is 7.11 Å². The van der Waals surface area contributed by atoms with Crippen LogP contribution in [0.25, 0.3) is 11.0 Å². The number of H-pyrrole nitrogens is 1. The number of nitrogens with one attached hydrogen (secondary N) is 1. The first-order chi connectivity index (χ1) is 12.1. The average molecular weight is 356 g/mol. The summed E-state index contributed by atoms with van der Waals surface area (Å²) < 4.78 is 4.79. The molecule has 7 heteroatoms. The summed E-state index contributed by atoms with van der Waals surface area (Å²) in [6.07, 6.45) is 0. The molecule has 1 aliphatic rings. The summed E-state index contributed by atoms with van der Waals surface area (Å²) in [6.45, 7) is 0.786. The number of para-hydroxylation sites is 1. The summed E-state index contributed by atoms with van der Waals surface area (Å²) in [5, 5.41) is 0.461. The van der Waals surface area contributed by atoms with Crippen LogP contribution in [0.15, 0.2) is 36.4 Å². The van der Waals surface area contributed by atoms with Gasteiger partial charge in [-0.3, -0.25) is 4.79 Å². The van der Waals surface area contributed by atoms with Gasteiger partial charge in [0.05, 0.1) is 35.3 Å². The minimum atomic E-state index is -0.444. The number of imidazole rings is 1. The van der Waals surface area contributed by atoms with Crippen molar-refractivity contribution in [2.45, 2.75) is 13.1 Å². The maximum Gasteiger partial charge on any atom is 0.340 e. The number of aromatic nitrogens is 2. The molecule has 2 heterocycles. The number of carbonyl (C=O) groups excluding carboxylic acids is 2. The molecule has 2 aromatic carbocycles. The number of hydrogen-bond acceptors (Lipinski definition) is 4. The smallest absolute Gasteiger partial charge is 0.340 e. The van der Waals surface area contributed by atoms with Gasteiger partial charge >= 0.3 is 5.97 Å². The van der Waals surface area contributed by atoms with Crippen molar-refractivity contribution in [1.29, 1.82) is 0 Å². The number of halogens is 1. The molecule has 126 valence electrons. The molecule has 0 aliphatic carbocycles. The number of hydrogen-bond donors (Lipinski definition) is 1. The van der Waals surface area contributed by atoms with Gasteiger partial charge < -0.3 is 14.6 Å². The lowest BCUT2D eigenvalue weighted by atomic mass is 10.1. The third kappa shape index (κ3) is 2.55. The maximum atomic E-state index is 12.6. The number of esters is 1. The molecule has 4 rings (SSSR count). The van der Waals surface area contributed by atoms with E-state index in [0.29, 0.717) is 40.6 Å². The van der Waals surface area contributed by atoms with E-state index < -0.39 is 5.97 Å². The standard InChI is InChI=1S/C18H14ClN3O3/c1-25-18(24)11-5-3-7-13-16(11)21-14(20-13)9-22-8-10-4-2-6-12(19)15(10)17(22)23/h2-7H,8-9H2,1H3,(H,20,21). The van der Waals surface area contributed by atoms with E-state index in [9.17, 15) is 9.59 Å². The fraction of sp³-hybridized carbons (Fsp3) is 0.167. The van der Waals surface area contributed by atoms with Crippen LogP contribution in [-0.2, 0) is 17.8 Å². The normalized spacial score (nSPS) is 13.4. The van der Waals surface area contributed by atoms with Gasteiger partial charge in [-0.1, -0.05) is 29.8 Å². The molecule has 0 spiro atoms. The Bertz CT molecular complexity index is 1010. The molecule has 0 fully saturated rings. The van der Waals surface area contributed by atoms with Gasteiger partial charge in [-0.25, -0.2) is 9.78 Å². The summed E-state index contributed by atoms with van der Waals surface area (Å²) in [7, 11) is 1.33. The second-order valence-electron chi connectivity index (χ2n) is 5.81. The molecule has 1 amide bonds. The maximum absolute atomic E-state index is 12.6. The van der Waals surface area contributed by atoms with Gasteiger partial charge in [0.15, 0.2) is 0 Å². The van der Waals surface area contributed by atoms with Crippen LogP contribution in [0.1, 0.15) is 32.1 Å². The highest BCUT2D eigenvalue weighted by Crippen LogP contribution is 2.30. The largest absolute Gasteiger partial charge is 0.465 e. The van der Waals surface area contributed by atoms with E-state index in [0.717, 1.165) is 11.1 Å². The number of fused-ring (bicyclic) bond motifs is 2. The van der Waals surface area contributed by atoms with Crippen LogP contribution < -0.4 is 0 Å². The Balaban J connectivity index is 1.65. The van der Waals surface area contributed by atoms with Gasteiger partial charge in [0.2, 0.25) is 0 Å². The number of benzene rings is 2. The molecule has 3 aromatic rings. The van der Waals surface area contributed by atoms with Crippen molar-refractivity contribution in [3.05, 3.63) is 63.9 Å². The lowest BCUT2D eigenvalue weighted by molar-refractivity contribution is 0.0602. The fourth-order valence-electron chi connectivity index (χ4n) is 3.12. The van der Waals surface area contributed by atoms with E-state index in [2.05, 4.69) is 9.97 Å². The van der Waals surface area contributed by atoms with Crippen LogP contribution in [0.2, 0.25) is 5.02 Å². The Morgan fingerprint density at radius 3 is 2.88 bits per heavy atom. The Hall–Kier alpha value is -2.86. The third-order valence-corrected chi connectivity index (χ3v) is 4.58. The van der Waals surface area contributed by atoms with Gasteiger partial charge in [0, 0.05) is 6.54 Å². The second kappa shape index (κ2) is 5.89. The van der Waals surface area contributed by atoms with Crippen LogP contribution in [0, 0.1) is 0 Å². The molecule has 0 unspecified atom stereocenters. The van der Waals surface area contributed by atoms with E-state index in [1.165, 1.54) is 7.11 Å². The van der Waals surface area contributed by atoms with Crippen molar-refractivity contribution in [1.82, 2.24) is 14.9 Å². The monoisotopic (exact) mass is 355 g/mol. The van der Waals surface area contributed by atoms with Crippen molar-refractivity contribution in [2.24, 2.45) is 0 Å². The highest BCUT2D eigenvalue weighted by Gasteiger charge is 2.30. The molecule has 0 saturated heterocycles. The van der Waals surface area contributed by atoms with Crippen LogP contribution in [0.5, 0.6) is 0 Å². The van der Waals surface area contributed by atoms with Gasteiger partial charge in [-0.05, 0) is 23.8 Å². The fourth-order valence-corrected chi connectivity index (χ4v) is 3.39. The third-order valence-electron chi connectivity index (χ3n) is 4.27. The summed E-state index contributed by atoms with van der Waals surface area (Å²) in [4.78, 5) is 33.8. The number of carbonyl (C=O) groups is 2. The molecule has 0 radical (unpaired) electrons. The van der Waals surface area contributed by atoms with E-state index >= 15 is 0 Å². The summed E-state index contributed by atoms with van der Waals surface area (Å²) in [5.74, 6) is 0.0398. The summed E-state index contributed by atoms with van der Waals surface area (Å²) in [5.41, 5.74) is 3.10. The number of nitrogens with zero attached hydrogens (tertiary/aromatic N) is 2. The van der Waals surface area contributed by atoms with Gasteiger partial charge in [0.1, 0.15) is 11.3 Å². The Kier molecular flexibility index (Phi) is 3.69. The number of methoxy groups -OCH3 is 1. The zero-order valence-electron chi connectivity index (χ0n) is 13.4. The number of amides is 1. The highest BCUT2D eigenvalue weighted by molar-refractivity contribution is 6.34. The van der Waals surface area contributed by atoms with Crippen LogP contribution in [0.4, 0.5) is 0 Å². The van der Waals surface area contributed by atoms with Crippen molar-refractivity contribution >= 4 is 34.5 Å². The lowest BCUT2D eigenvalue weighted by Gasteiger charge is -2.13. The van der Waals surface area contributed by atoms with Crippen LogP contribution in [-0.4, -0.2) is 33.9 Å². The highest BCUT2D eigenvalue weighted by atomic mass is 35.5. The Morgan fingerprint density at radius 2 is 2.12 bits per heavy atom. The average Bonchev–Trinajstić information content (AvgIpc) is 3.16. The van der Waals surface area contributed by atoms with E-state index in [1.807, 2.05) is 18.2 Å². The van der Waals surface area contributed by atoms with Crippen molar-refractivity contribution in [3.63, 3.8) is 0 Å². The van der Waals surface area contributed by atoms with E-state index in [4.69, 9.17) is 16.3 Å². The molecule has 1 aliphatic heterocycles. The number of aromatic amines is 1. The van der Waals surface area contributed by atoms with Crippen LogP contribution >= 0.6 is 11.6 Å². The predicted octanol–water partition coefficient (Wildman–Crippen LogP) is 3.16. The van der Waals surface area contributed by atoms with Crippen molar-refractivity contribution < 1.29 is 14.3 Å². The zero-order chi connectivity index (χ0) is 17.6. The molecule has 25 heavy (non-hydrogen) atoms. The molecule has 0 saturated carbocycles. The first kappa shape index (κ1) is 15.7. The van der Waals surface area contributed by atoms with Crippen LogP contribution in [0.3, 0.4) is 0 Å². The van der Waals surface area contributed by atoms with Gasteiger partial charge in [-0.15, -0.1) is 0 Å². The Labute approximate surface area is 148 Å². The molecule has 6 nitrogen and oxygen atoms in total. The molecule has 1 aromatic heterocycles. The van der Waals surface area contributed by atoms with Gasteiger partial charge in [-0.2, -0.15) is 0 Å². The van der Waals surface area contributed by atoms with E-state index in [-0.39, 0.29) is 5.91 Å². The first-order valence-electron chi connectivity index (χ1n) is 7.71. The summed E-state index contributed by atoms with van der Waals surface area (Å²) in [6, 6.07) is 10.7.